The third kappa shape index (κ3) is 11.0. The van der Waals surface area contributed by atoms with Gasteiger partial charge in [0.15, 0.2) is 0 Å². The molecule has 5 nitrogen and oxygen atoms in total. The zero-order valence-electron chi connectivity index (χ0n) is 5.27. The zero-order valence-corrected chi connectivity index (χ0v) is 6.98. The number of phosphoric acid groups is 1. The first-order valence-corrected chi connectivity index (χ1v) is 4.48. The van der Waals surface area contributed by atoms with Crippen molar-refractivity contribution in [2.75, 3.05) is 5.75 Å². The van der Waals surface area contributed by atoms with Gasteiger partial charge in [0.25, 0.3) is 0 Å². The van der Waals surface area contributed by atoms with Crippen molar-refractivity contribution >= 4 is 19.9 Å². The summed E-state index contributed by atoms with van der Waals surface area (Å²) in [6.07, 6.45) is 1.49. The van der Waals surface area contributed by atoms with Crippen LogP contribution in [0.15, 0.2) is 12.7 Å². The minimum absolute atomic E-state index is 0. The first kappa shape index (κ1) is 12.8. The Hall–Kier alpha value is 0.160. The molecule has 0 atom stereocenters. The normalized spacial score (nSPS) is 10.2. The van der Waals surface area contributed by atoms with E-state index in [0.717, 1.165) is 0 Å². The Morgan fingerprint density at radius 2 is 2.20 bits per heavy atom. The van der Waals surface area contributed by atoms with Crippen molar-refractivity contribution in [3.63, 3.8) is 0 Å². The fourth-order valence-corrected chi connectivity index (χ4v) is 1.04. The summed E-state index contributed by atoms with van der Waals surface area (Å²) in [6, 6.07) is 0. The van der Waals surface area contributed by atoms with Gasteiger partial charge in [-0.2, -0.15) is 0 Å². The quantitative estimate of drug-likeness (QED) is 0.263. The van der Waals surface area contributed by atoms with Crippen LogP contribution in [0.2, 0.25) is 0 Å². The first-order valence-electron chi connectivity index (χ1n) is 2.04. The summed E-state index contributed by atoms with van der Waals surface area (Å²) < 4.78 is 13.9. The Morgan fingerprint density at radius 1 is 1.70 bits per heavy atom. The third-order valence-electron chi connectivity index (χ3n) is 0.336. The van der Waals surface area contributed by atoms with E-state index in [1.807, 2.05) is 0 Å². The fourth-order valence-electron chi connectivity index (χ4n) is 0.147. The second-order valence-corrected chi connectivity index (χ2v) is 3.28. The van der Waals surface area contributed by atoms with Crippen LogP contribution in [0.1, 0.15) is 0 Å². The predicted molar refractivity (Wildman–Crippen MR) is 40.8 cm³/mol. The van der Waals surface area contributed by atoms with Crippen LogP contribution < -0.4 is 6.15 Å². The van der Waals surface area contributed by atoms with E-state index in [9.17, 15) is 4.57 Å². The standard InChI is InChI=1S/C3H7O4PS.H3N/c1-2-3-9-7-8(4,5)6;/h2H,1,3H2,(H2,4,5,6);1H3. The van der Waals surface area contributed by atoms with Crippen molar-refractivity contribution < 1.29 is 18.3 Å². The molecule has 0 rings (SSSR count). The fraction of sp³-hybridized carbons (Fsp3) is 0.333. The van der Waals surface area contributed by atoms with Crippen molar-refractivity contribution in [1.82, 2.24) is 6.15 Å². The zero-order chi connectivity index (χ0) is 7.33. The van der Waals surface area contributed by atoms with E-state index in [1.165, 1.54) is 6.08 Å². The lowest BCUT2D eigenvalue weighted by atomic mass is 10.8. The molecule has 62 valence electrons. The highest BCUT2D eigenvalue weighted by molar-refractivity contribution is 7.98. The van der Waals surface area contributed by atoms with E-state index >= 15 is 0 Å². The molecule has 0 amide bonds. The van der Waals surface area contributed by atoms with E-state index in [2.05, 4.69) is 10.5 Å². The molecule has 0 aromatic carbocycles. The van der Waals surface area contributed by atoms with Crippen LogP contribution in [0.5, 0.6) is 0 Å². The molecule has 0 aromatic heterocycles. The molecule has 0 aliphatic heterocycles. The topological polar surface area (TPSA) is 102 Å². The Kier molecular flexibility index (Phi) is 7.56. The minimum Gasteiger partial charge on any atom is -0.344 e. The molecule has 7 heteroatoms. The van der Waals surface area contributed by atoms with Crippen LogP contribution in [0, 0.1) is 0 Å². The van der Waals surface area contributed by atoms with Crippen LogP contribution in [-0.4, -0.2) is 15.5 Å². The van der Waals surface area contributed by atoms with Gasteiger partial charge in [0.1, 0.15) is 0 Å². The molecule has 0 heterocycles. The van der Waals surface area contributed by atoms with Crippen LogP contribution in [-0.2, 0) is 8.54 Å². The summed E-state index contributed by atoms with van der Waals surface area (Å²) in [5, 5.41) is 0. The van der Waals surface area contributed by atoms with Gasteiger partial charge in [-0.25, -0.2) is 8.54 Å². The molecule has 0 fully saturated rings. The van der Waals surface area contributed by atoms with Gasteiger partial charge in [-0.1, -0.05) is 6.08 Å². The van der Waals surface area contributed by atoms with Gasteiger partial charge < -0.3 is 15.9 Å². The molecule has 0 radical (unpaired) electrons. The Balaban J connectivity index is 0. The highest BCUT2D eigenvalue weighted by Gasteiger charge is 2.12. The van der Waals surface area contributed by atoms with Crippen molar-refractivity contribution in [2.45, 2.75) is 0 Å². The number of hydrogen-bond acceptors (Lipinski definition) is 4. The predicted octanol–water partition coefficient (Wildman–Crippen LogP) is 1.09. The molecular formula is C3H10NO4PS. The minimum atomic E-state index is -4.28. The Labute approximate surface area is 63.5 Å². The van der Waals surface area contributed by atoms with Gasteiger partial charge in [0.2, 0.25) is 0 Å². The van der Waals surface area contributed by atoms with Gasteiger partial charge in [0.05, 0.1) is 0 Å². The molecule has 0 aromatic rings. The van der Waals surface area contributed by atoms with E-state index < -0.39 is 7.82 Å². The summed E-state index contributed by atoms with van der Waals surface area (Å²) in [6.45, 7) is 3.33. The second-order valence-electron chi connectivity index (χ2n) is 1.14. The molecule has 0 aliphatic rings. The van der Waals surface area contributed by atoms with Gasteiger partial charge in [-0.05, 0) is 0 Å². The number of hydrogen-bond donors (Lipinski definition) is 3. The molecule has 10 heavy (non-hydrogen) atoms. The maximum absolute atomic E-state index is 9.92. The lowest BCUT2D eigenvalue weighted by Crippen LogP contribution is -1.78. The van der Waals surface area contributed by atoms with Crippen molar-refractivity contribution in [2.24, 2.45) is 0 Å². The van der Waals surface area contributed by atoms with Crippen LogP contribution in [0.4, 0.5) is 0 Å². The largest absolute Gasteiger partial charge is 0.480 e. The lowest BCUT2D eigenvalue weighted by Gasteiger charge is -1.99. The molecule has 0 aliphatic carbocycles. The lowest BCUT2D eigenvalue weighted by molar-refractivity contribution is 0.299. The average molecular weight is 187 g/mol. The highest BCUT2D eigenvalue weighted by Crippen LogP contribution is 2.40. The molecule has 0 spiro atoms. The van der Waals surface area contributed by atoms with E-state index in [0.29, 0.717) is 17.8 Å². The van der Waals surface area contributed by atoms with Gasteiger partial charge in [-0.3, -0.25) is 0 Å². The molecule has 0 unspecified atom stereocenters. The van der Waals surface area contributed by atoms with Crippen molar-refractivity contribution in [3.8, 4) is 0 Å². The first-order chi connectivity index (χ1) is 4.06. The Bertz CT molecular complexity index is 134. The van der Waals surface area contributed by atoms with Crippen LogP contribution in [0.3, 0.4) is 0 Å². The van der Waals surface area contributed by atoms with Crippen molar-refractivity contribution in [1.29, 1.82) is 0 Å². The molecular weight excluding hydrogens is 177 g/mol. The Morgan fingerprint density at radius 3 is 2.50 bits per heavy atom. The average Bonchev–Trinajstić information content (AvgIpc) is 1.63. The highest BCUT2D eigenvalue weighted by atomic mass is 32.2. The number of rotatable bonds is 4. The van der Waals surface area contributed by atoms with E-state index in [-0.39, 0.29) is 6.15 Å². The van der Waals surface area contributed by atoms with Crippen molar-refractivity contribution in [3.05, 3.63) is 12.7 Å². The smallest absolute Gasteiger partial charge is 0.344 e. The molecule has 0 saturated heterocycles. The summed E-state index contributed by atoms with van der Waals surface area (Å²) in [5.74, 6) is 0.366. The molecule has 0 saturated carbocycles. The van der Waals surface area contributed by atoms with Gasteiger partial charge >= 0.3 is 7.82 Å². The maximum Gasteiger partial charge on any atom is 0.480 e. The molecule has 0 bridgehead atoms. The summed E-state index contributed by atoms with van der Waals surface area (Å²) in [4.78, 5) is 16.2. The summed E-state index contributed by atoms with van der Waals surface area (Å²) in [5.41, 5.74) is 0. The monoisotopic (exact) mass is 187 g/mol. The van der Waals surface area contributed by atoms with E-state index in [1.54, 1.807) is 0 Å². The summed E-state index contributed by atoms with van der Waals surface area (Å²) in [7, 11) is -4.28. The molecule has 5 N–H and O–H groups in total. The van der Waals surface area contributed by atoms with Crippen LogP contribution in [0.25, 0.3) is 0 Å². The van der Waals surface area contributed by atoms with Gasteiger partial charge in [0, 0.05) is 17.8 Å². The van der Waals surface area contributed by atoms with Gasteiger partial charge in [-0.15, -0.1) is 6.58 Å². The van der Waals surface area contributed by atoms with Crippen LogP contribution >= 0.6 is 19.9 Å². The maximum atomic E-state index is 9.92. The van der Waals surface area contributed by atoms with E-state index in [4.69, 9.17) is 9.79 Å². The summed E-state index contributed by atoms with van der Waals surface area (Å²) >= 11 is 0.679. The SMILES string of the molecule is C=CCSOP(=O)(O)O.N. The third-order valence-corrected chi connectivity index (χ3v) is 1.91. The second kappa shape index (κ2) is 5.91.